The Labute approximate surface area is 139 Å². The maximum atomic E-state index is 6.24. The molecule has 0 radical (unpaired) electrons. The summed E-state index contributed by atoms with van der Waals surface area (Å²) in [7, 11) is 0. The van der Waals surface area contributed by atoms with Gasteiger partial charge in [-0.25, -0.2) is 0 Å². The molecule has 1 N–H and O–H groups in total. The minimum atomic E-state index is 0.416. The third-order valence-corrected chi connectivity index (χ3v) is 3.82. The monoisotopic (exact) mass is 367 g/mol. The van der Waals surface area contributed by atoms with Gasteiger partial charge in [0.2, 0.25) is 0 Å². The first kappa shape index (κ1) is 16.3. The highest BCUT2D eigenvalue weighted by Crippen LogP contribution is 2.33. The van der Waals surface area contributed by atoms with E-state index in [-0.39, 0.29) is 0 Å². The smallest absolute Gasteiger partial charge is 0.146 e. The van der Waals surface area contributed by atoms with Crippen LogP contribution in [0, 0.1) is 6.92 Å². The molecule has 0 saturated heterocycles. The maximum Gasteiger partial charge on any atom is 0.146 e. The lowest BCUT2D eigenvalue weighted by Crippen LogP contribution is -2.22. The average molecular weight is 369 g/mol. The van der Waals surface area contributed by atoms with Gasteiger partial charge < -0.3 is 10.1 Å². The third-order valence-electron chi connectivity index (χ3n) is 3.03. The zero-order chi connectivity index (χ0) is 15.4. The number of halogens is 2. The van der Waals surface area contributed by atoms with Gasteiger partial charge in [0.25, 0.3) is 0 Å². The molecule has 2 rings (SSSR count). The Morgan fingerprint density at radius 1 is 1.14 bits per heavy atom. The van der Waals surface area contributed by atoms with Crippen LogP contribution in [0.2, 0.25) is 5.02 Å². The summed E-state index contributed by atoms with van der Waals surface area (Å²) in [5.41, 5.74) is 2.21. The summed E-state index contributed by atoms with van der Waals surface area (Å²) in [5.74, 6) is 1.49. The number of aryl methyl sites for hydroxylation is 1. The van der Waals surface area contributed by atoms with Gasteiger partial charge in [-0.05, 0) is 42.8 Å². The molecule has 112 valence electrons. The van der Waals surface area contributed by atoms with Gasteiger partial charge >= 0.3 is 0 Å². The van der Waals surface area contributed by atoms with Gasteiger partial charge in [-0.1, -0.05) is 47.4 Å². The summed E-state index contributed by atoms with van der Waals surface area (Å²) < 4.78 is 7.02. The molecule has 0 amide bonds. The van der Waals surface area contributed by atoms with Gasteiger partial charge in [-0.3, -0.25) is 0 Å². The van der Waals surface area contributed by atoms with Crippen LogP contribution in [0.4, 0.5) is 0 Å². The van der Waals surface area contributed by atoms with E-state index in [1.807, 2.05) is 37.3 Å². The quantitative estimate of drug-likeness (QED) is 0.730. The summed E-state index contributed by atoms with van der Waals surface area (Å²) >= 11 is 9.74. The number of rotatable bonds is 5. The largest absolute Gasteiger partial charge is 0.455 e. The van der Waals surface area contributed by atoms with E-state index in [1.54, 1.807) is 0 Å². The fourth-order valence-corrected chi connectivity index (χ4v) is 2.59. The highest BCUT2D eigenvalue weighted by molar-refractivity contribution is 9.10. The summed E-state index contributed by atoms with van der Waals surface area (Å²) in [5, 5.41) is 4.03. The number of benzene rings is 2. The van der Waals surface area contributed by atoms with Gasteiger partial charge in [0.15, 0.2) is 0 Å². The lowest BCUT2D eigenvalue weighted by Gasteiger charge is -2.15. The maximum absolute atomic E-state index is 6.24. The van der Waals surface area contributed by atoms with Crippen molar-refractivity contribution in [3.63, 3.8) is 0 Å². The van der Waals surface area contributed by atoms with Crippen molar-refractivity contribution in [3.05, 3.63) is 57.0 Å². The van der Waals surface area contributed by atoms with Crippen LogP contribution in [0.5, 0.6) is 11.5 Å². The second kappa shape index (κ2) is 7.30. The topological polar surface area (TPSA) is 21.3 Å². The van der Waals surface area contributed by atoms with Crippen LogP contribution in [-0.4, -0.2) is 6.04 Å². The minimum Gasteiger partial charge on any atom is -0.455 e. The van der Waals surface area contributed by atoms with Crippen molar-refractivity contribution < 1.29 is 4.74 Å². The minimum absolute atomic E-state index is 0.416. The lowest BCUT2D eigenvalue weighted by atomic mass is 10.2. The summed E-state index contributed by atoms with van der Waals surface area (Å²) in [6.45, 7) is 6.99. The van der Waals surface area contributed by atoms with Crippen molar-refractivity contribution >= 4 is 27.5 Å². The molecule has 0 aromatic heterocycles. The Morgan fingerprint density at radius 3 is 2.52 bits per heavy atom. The van der Waals surface area contributed by atoms with Crippen molar-refractivity contribution in [1.29, 1.82) is 0 Å². The van der Waals surface area contributed by atoms with E-state index in [4.69, 9.17) is 16.3 Å². The number of hydrogen-bond acceptors (Lipinski definition) is 2. The molecule has 0 aliphatic heterocycles. The van der Waals surface area contributed by atoms with Crippen LogP contribution in [0.1, 0.15) is 25.0 Å². The molecule has 2 nitrogen and oxygen atoms in total. The highest BCUT2D eigenvalue weighted by Gasteiger charge is 2.09. The van der Waals surface area contributed by atoms with E-state index in [0.717, 1.165) is 27.9 Å². The molecule has 0 aliphatic carbocycles. The predicted molar refractivity (Wildman–Crippen MR) is 92.4 cm³/mol. The summed E-state index contributed by atoms with van der Waals surface area (Å²) in [6, 6.07) is 12.2. The molecule has 0 saturated carbocycles. The Balaban J connectivity index is 2.26. The van der Waals surface area contributed by atoms with Crippen LogP contribution in [0.15, 0.2) is 40.9 Å². The molecule has 0 unspecified atom stereocenters. The zero-order valence-corrected chi connectivity index (χ0v) is 14.8. The first-order chi connectivity index (χ1) is 9.95. The molecule has 0 heterocycles. The van der Waals surface area contributed by atoms with E-state index in [1.165, 1.54) is 0 Å². The van der Waals surface area contributed by atoms with Crippen molar-refractivity contribution in [2.75, 3.05) is 0 Å². The second-order valence-corrected chi connectivity index (χ2v) is 6.65. The van der Waals surface area contributed by atoms with Crippen LogP contribution in [0.3, 0.4) is 0 Å². The normalized spacial score (nSPS) is 11.0. The third kappa shape index (κ3) is 4.73. The Bertz CT molecular complexity index is 628. The molecule has 2 aromatic rings. The first-order valence-corrected chi connectivity index (χ1v) is 8.08. The predicted octanol–water partition coefficient (Wildman–Crippen LogP) is 5.70. The molecular weight excluding hydrogens is 350 g/mol. The van der Waals surface area contributed by atoms with Crippen molar-refractivity contribution in [2.45, 2.75) is 33.4 Å². The molecule has 4 heteroatoms. The van der Waals surface area contributed by atoms with Crippen molar-refractivity contribution in [2.24, 2.45) is 0 Å². The number of ether oxygens (including phenoxy) is 1. The van der Waals surface area contributed by atoms with Gasteiger partial charge in [-0.15, -0.1) is 0 Å². The van der Waals surface area contributed by atoms with Crippen LogP contribution in [0.25, 0.3) is 0 Å². The molecule has 0 fully saturated rings. The van der Waals surface area contributed by atoms with Gasteiger partial charge in [0.05, 0.1) is 5.02 Å². The molecule has 2 aromatic carbocycles. The average Bonchev–Trinajstić information content (AvgIpc) is 2.41. The SMILES string of the molecule is Cc1ccc(Oc2ccc(Br)cc2CNC(C)C)c(Cl)c1. The fourth-order valence-electron chi connectivity index (χ4n) is 1.91. The molecular formula is C17H19BrClNO. The van der Waals surface area contributed by atoms with E-state index >= 15 is 0 Å². The van der Waals surface area contributed by atoms with E-state index in [2.05, 4.69) is 41.2 Å². The van der Waals surface area contributed by atoms with E-state index < -0.39 is 0 Å². The highest BCUT2D eigenvalue weighted by atomic mass is 79.9. The number of nitrogens with one attached hydrogen (secondary N) is 1. The molecule has 0 bridgehead atoms. The Kier molecular flexibility index (Phi) is 5.68. The van der Waals surface area contributed by atoms with Crippen LogP contribution in [-0.2, 0) is 6.54 Å². The summed E-state index contributed by atoms with van der Waals surface area (Å²) in [6.07, 6.45) is 0. The van der Waals surface area contributed by atoms with Gasteiger partial charge in [-0.2, -0.15) is 0 Å². The summed E-state index contributed by atoms with van der Waals surface area (Å²) in [4.78, 5) is 0. The van der Waals surface area contributed by atoms with Crippen LogP contribution < -0.4 is 10.1 Å². The van der Waals surface area contributed by atoms with E-state index in [0.29, 0.717) is 16.8 Å². The van der Waals surface area contributed by atoms with E-state index in [9.17, 15) is 0 Å². The fraction of sp³-hybridized carbons (Fsp3) is 0.294. The molecule has 0 spiro atoms. The van der Waals surface area contributed by atoms with Crippen LogP contribution >= 0.6 is 27.5 Å². The van der Waals surface area contributed by atoms with Crippen molar-refractivity contribution in [1.82, 2.24) is 5.32 Å². The zero-order valence-electron chi connectivity index (χ0n) is 12.4. The molecule has 21 heavy (non-hydrogen) atoms. The standard InChI is InChI=1S/C17H19BrClNO/c1-11(2)20-10-13-9-14(18)5-7-16(13)21-17-6-4-12(3)8-15(17)19/h4-9,11,20H,10H2,1-3H3. The van der Waals surface area contributed by atoms with Crippen molar-refractivity contribution in [3.8, 4) is 11.5 Å². The van der Waals surface area contributed by atoms with Gasteiger partial charge in [0.1, 0.15) is 11.5 Å². The Morgan fingerprint density at radius 2 is 1.86 bits per heavy atom. The second-order valence-electron chi connectivity index (χ2n) is 5.32. The number of hydrogen-bond donors (Lipinski definition) is 1. The van der Waals surface area contributed by atoms with Gasteiger partial charge in [0, 0.05) is 22.6 Å². The first-order valence-electron chi connectivity index (χ1n) is 6.91. The molecule has 0 atom stereocenters. The molecule has 0 aliphatic rings. The lowest BCUT2D eigenvalue weighted by molar-refractivity contribution is 0.469. The Hall–Kier alpha value is -1.03.